The van der Waals surface area contributed by atoms with Gasteiger partial charge in [0, 0.05) is 24.7 Å². The largest absolute Gasteiger partial charge is 0.490 e. The van der Waals surface area contributed by atoms with Gasteiger partial charge in [0.15, 0.2) is 18.1 Å². The van der Waals surface area contributed by atoms with Gasteiger partial charge >= 0.3 is 0 Å². The van der Waals surface area contributed by atoms with Crippen LogP contribution in [0.15, 0.2) is 42.5 Å². The van der Waals surface area contributed by atoms with Crippen molar-refractivity contribution in [2.45, 2.75) is 78.6 Å². The van der Waals surface area contributed by atoms with Crippen molar-refractivity contribution in [3.63, 3.8) is 0 Å². The van der Waals surface area contributed by atoms with E-state index in [4.69, 9.17) is 9.47 Å². The van der Waals surface area contributed by atoms with E-state index in [0.29, 0.717) is 24.1 Å². The van der Waals surface area contributed by atoms with Crippen molar-refractivity contribution in [3.05, 3.63) is 59.2 Å². The summed E-state index contributed by atoms with van der Waals surface area (Å²) in [7, 11) is 0. The number of fused-ring (bicyclic) bond motifs is 1. The summed E-state index contributed by atoms with van der Waals surface area (Å²) in [5, 5.41) is 3.72. The molecule has 1 aliphatic rings. The summed E-state index contributed by atoms with van der Waals surface area (Å²) >= 11 is 0. The van der Waals surface area contributed by atoms with Gasteiger partial charge in [-0.2, -0.15) is 0 Å². The molecule has 1 atom stereocenters. The molecule has 0 spiro atoms. The second-order valence-corrected chi connectivity index (χ2v) is 9.02. The highest BCUT2D eigenvalue weighted by Crippen LogP contribution is 2.31. The number of amides is 1. The molecule has 5 nitrogen and oxygen atoms in total. The van der Waals surface area contributed by atoms with Gasteiger partial charge in [0.1, 0.15) is 0 Å². The summed E-state index contributed by atoms with van der Waals surface area (Å²) in [5.41, 5.74) is 4.01. The highest BCUT2D eigenvalue weighted by molar-refractivity contribution is 5.78. The lowest BCUT2D eigenvalue weighted by Gasteiger charge is -2.30. The van der Waals surface area contributed by atoms with Crippen molar-refractivity contribution >= 4 is 5.91 Å². The fraction of sp³-hybridized carbons (Fsp3) is 0.519. The second-order valence-electron chi connectivity index (χ2n) is 9.02. The molecule has 2 aromatic rings. The van der Waals surface area contributed by atoms with Crippen LogP contribution < -0.4 is 14.8 Å². The molecule has 0 bridgehead atoms. The van der Waals surface area contributed by atoms with Crippen molar-refractivity contribution in [1.82, 2.24) is 10.2 Å². The van der Waals surface area contributed by atoms with Gasteiger partial charge in [-0.3, -0.25) is 4.79 Å². The monoisotopic (exact) mass is 438 g/mol. The molecular formula is C27H38N2O3. The average molecular weight is 439 g/mol. The minimum absolute atomic E-state index is 0.00683. The maximum Gasteiger partial charge on any atom is 0.260 e. The Morgan fingerprint density at radius 2 is 1.81 bits per heavy atom. The van der Waals surface area contributed by atoms with Crippen molar-refractivity contribution in [1.29, 1.82) is 0 Å². The summed E-state index contributed by atoms with van der Waals surface area (Å²) < 4.78 is 11.7. The molecule has 0 aliphatic heterocycles. The van der Waals surface area contributed by atoms with Crippen LogP contribution >= 0.6 is 0 Å². The number of ether oxygens (including phenoxy) is 2. The van der Waals surface area contributed by atoms with Crippen LogP contribution in [0.1, 0.15) is 70.2 Å². The number of carbonyl (C=O) groups is 1. The van der Waals surface area contributed by atoms with E-state index in [9.17, 15) is 4.79 Å². The molecule has 0 unspecified atom stereocenters. The lowest BCUT2D eigenvalue weighted by atomic mass is 9.87. The average Bonchev–Trinajstić information content (AvgIpc) is 2.76. The fourth-order valence-corrected chi connectivity index (χ4v) is 4.64. The Balaban J connectivity index is 1.65. The van der Waals surface area contributed by atoms with E-state index in [1.165, 1.54) is 24.0 Å². The first-order valence-electron chi connectivity index (χ1n) is 11.9. The number of carbonyl (C=O) groups excluding carboxylic acids is 1. The number of hydrogen-bond acceptors (Lipinski definition) is 4. The van der Waals surface area contributed by atoms with Gasteiger partial charge in [0.25, 0.3) is 5.91 Å². The Labute approximate surface area is 193 Å². The van der Waals surface area contributed by atoms with Crippen molar-refractivity contribution < 1.29 is 14.3 Å². The first-order valence-corrected chi connectivity index (χ1v) is 11.9. The van der Waals surface area contributed by atoms with Crippen LogP contribution in [0, 0.1) is 0 Å². The molecule has 174 valence electrons. The van der Waals surface area contributed by atoms with Crippen LogP contribution in [0.2, 0.25) is 0 Å². The lowest BCUT2D eigenvalue weighted by molar-refractivity contribution is -0.137. The first-order chi connectivity index (χ1) is 15.4. The zero-order chi connectivity index (χ0) is 23.1. The molecular weight excluding hydrogens is 400 g/mol. The second kappa shape index (κ2) is 11.4. The van der Waals surface area contributed by atoms with Crippen molar-refractivity contribution in [2.24, 2.45) is 0 Å². The summed E-state index contributed by atoms with van der Waals surface area (Å²) in [5.74, 6) is 1.28. The standard InChI is InChI=1S/C27H38N2O3/c1-6-31-26-16-21(17-28-24-13-9-11-22-10-7-8-12-23(22)24)14-15-25(26)32-18-27(30)29(19(2)3)20(4)5/h7-8,10,12,14-16,19-20,24,28H,6,9,11,13,17-18H2,1-5H3/t24-/m0/s1. The molecule has 0 saturated heterocycles. The lowest BCUT2D eigenvalue weighted by Crippen LogP contribution is -2.44. The van der Waals surface area contributed by atoms with Crippen molar-refractivity contribution in [2.75, 3.05) is 13.2 Å². The van der Waals surface area contributed by atoms with Gasteiger partial charge in [-0.25, -0.2) is 0 Å². The Morgan fingerprint density at radius 3 is 2.53 bits per heavy atom. The predicted octanol–water partition coefficient (Wildman–Crippen LogP) is 5.28. The molecule has 2 aromatic carbocycles. The summed E-state index contributed by atoms with van der Waals surface area (Å²) in [6.07, 6.45) is 3.53. The zero-order valence-electron chi connectivity index (χ0n) is 20.2. The van der Waals surface area contributed by atoms with Crippen LogP contribution in [0.25, 0.3) is 0 Å². The van der Waals surface area contributed by atoms with Gasteiger partial charge in [-0.05, 0) is 82.7 Å². The quantitative estimate of drug-likeness (QED) is 0.549. The Kier molecular flexibility index (Phi) is 8.57. The van der Waals surface area contributed by atoms with E-state index in [0.717, 1.165) is 18.5 Å². The number of aryl methyl sites for hydroxylation is 1. The summed E-state index contributed by atoms with van der Waals surface area (Å²) in [4.78, 5) is 14.5. The number of hydrogen-bond donors (Lipinski definition) is 1. The molecule has 0 heterocycles. The normalized spacial score (nSPS) is 15.5. The molecule has 1 amide bonds. The van der Waals surface area contributed by atoms with Crippen LogP contribution in [-0.2, 0) is 17.8 Å². The maximum atomic E-state index is 12.7. The van der Waals surface area contributed by atoms with Crippen LogP contribution in [0.4, 0.5) is 0 Å². The van der Waals surface area contributed by atoms with Crippen molar-refractivity contribution in [3.8, 4) is 11.5 Å². The topological polar surface area (TPSA) is 50.8 Å². The Morgan fingerprint density at radius 1 is 1.06 bits per heavy atom. The number of rotatable bonds is 10. The van der Waals surface area contributed by atoms with E-state index in [-0.39, 0.29) is 24.6 Å². The number of nitrogens with one attached hydrogen (secondary N) is 1. The van der Waals surface area contributed by atoms with E-state index in [1.54, 1.807) is 0 Å². The highest BCUT2D eigenvalue weighted by atomic mass is 16.5. The number of benzene rings is 2. The van der Waals surface area contributed by atoms with Gasteiger partial charge in [0.05, 0.1) is 6.61 Å². The summed E-state index contributed by atoms with van der Waals surface area (Å²) in [6.45, 7) is 11.4. The van der Waals surface area contributed by atoms with E-state index in [1.807, 2.05) is 57.7 Å². The molecule has 1 aliphatic carbocycles. The van der Waals surface area contributed by atoms with Crippen LogP contribution in [0.5, 0.6) is 11.5 Å². The smallest absolute Gasteiger partial charge is 0.260 e. The SMILES string of the molecule is CCOc1cc(CN[C@H]2CCCc3ccccc32)ccc1OCC(=O)N(C(C)C)C(C)C. The van der Waals surface area contributed by atoms with Crippen LogP contribution in [0.3, 0.4) is 0 Å². The van der Waals surface area contributed by atoms with Crippen LogP contribution in [-0.4, -0.2) is 36.1 Å². The molecule has 3 rings (SSSR count). The minimum atomic E-state index is -0.0147. The molecule has 32 heavy (non-hydrogen) atoms. The highest BCUT2D eigenvalue weighted by Gasteiger charge is 2.22. The third kappa shape index (κ3) is 6.04. The van der Waals surface area contributed by atoms with E-state index >= 15 is 0 Å². The van der Waals surface area contributed by atoms with Gasteiger partial charge in [-0.15, -0.1) is 0 Å². The molecule has 1 N–H and O–H groups in total. The third-order valence-electron chi connectivity index (χ3n) is 5.98. The minimum Gasteiger partial charge on any atom is -0.490 e. The maximum absolute atomic E-state index is 12.7. The molecule has 0 saturated carbocycles. The Hall–Kier alpha value is -2.53. The molecule has 5 heteroatoms. The van der Waals surface area contributed by atoms with Gasteiger partial charge < -0.3 is 19.7 Å². The number of nitrogens with zero attached hydrogens (tertiary/aromatic N) is 1. The molecule has 0 fully saturated rings. The molecule has 0 aromatic heterocycles. The van der Waals surface area contributed by atoms with Gasteiger partial charge in [-0.1, -0.05) is 30.3 Å². The van der Waals surface area contributed by atoms with E-state index in [2.05, 4.69) is 29.6 Å². The van der Waals surface area contributed by atoms with E-state index < -0.39 is 0 Å². The fourth-order valence-electron chi connectivity index (χ4n) is 4.64. The summed E-state index contributed by atoms with van der Waals surface area (Å²) in [6, 6.07) is 15.4. The third-order valence-corrected chi connectivity index (χ3v) is 5.98. The predicted molar refractivity (Wildman–Crippen MR) is 129 cm³/mol. The van der Waals surface area contributed by atoms with Gasteiger partial charge in [0.2, 0.25) is 0 Å². The first kappa shape index (κ1) is 24.1. The zero-order valence-corrected chi connectivity index (χ0v) is 20.2. The molecule has 0 radical (unpaired) electrons. The Bertz CT molecular complexity index is 886.